The molecule has 4 heteroatoms. The second-order valence-electron chi connectivity index (χ2n) is 3.26. The summed E-state index contributed by atoms with van der Waals surface area (Å²) in [6, 6.07) is 0. The second kappa shape index (κ2) is 7.79. The standard InChI is InChI=1S/C6H10O2.C5H8O2/c1-4(2)5(3)6(7)8;1-4(2)5(6)7-3/h4H,3H2,1-2H3,(H,7,8);1H2,2-3H3. The van der Waals surface area contributed by atoms with Gasteiger partial charge in [0.1, 0.15) is 0 Å². The number of esters is 1. The van der Waals surface area contributed by atoms with Gasteiger partial charge in [0.05, 0.1) is 7.11 Å². The molecule has 86 valence electrons. The highest BCUT2D eigenvalue weighted by Crippen LogP contribution is 2.04. The number of rotatable bonds is 3. The first-order chi connectivity index (χ1) is 6.73. The molecule has 0 bridgehead atoms. The molecule has 0 rings (SSSR count). The molecule has 0 fully saturated rings. The molecule has 0 heterocycles. The van der Waals surface area contributed by atoms with Gasteiger partial charge < -0.3 is 9.84 Å². The predicted octanol–water partition coefficient (Wildman–Crippen LogP) is 2.02. The van der Waals surface area contributed by atoms with Gasteiger partial charge in [0.2, 0.25) is 0 Å². The zero-order chi connectivity index (χ0) is 12.6. The van der Waals surface area contributed by atoms with E-state index in [1.165, 1.54) is 7.11 Å². The third-order valence-electron chi connectivity index (χ3n) is 1.51. The van der Waals surface area contributed by atoms with Crippen molar-refractivity contribution in [1.82, 2.24) is 0 Å². The third kappa shape index (κ3) is 8.74. The van der Waals surface area contributed by atoms with Gasteiger partial charge in [0, 0.05) is 11.1 Å². The first-order valence-electron chi connectivity index (χ1n) is 4.39. The minimum absolute atomic E-state index is 0.0486. The summed E-state index contributed by atoms with van der Waals surface area (Å²) >= 11 is 0. The molecule has 0 aromatic heterocycles. The molecular weight excluding hydrogens is 196 g/mol. The molecule has 4 nitrogen and oxygen atoms in total. The van der Waals surface area contributed by atoms with Gasteiger partial charge in [-0.25, -0.2) is 9.59 Å². The number of carboxylic acid groups (broad SMARTS) is 1. The fraction of sp³-hybridized carbons (Fsp3) is 0.455. The number of methoxy groups -OCH3 is 1. The minimum atomic E-state index is -0.903. The van der Waals surface area contributed by atoms with E-state index in [2.05, 4.69) is 17.9 Å². The Labute approximate surface area is 90.2 Å². The normalized spacial score (nSPS) is 8.60. The zero-order valence-electron chi connectivity index (χ0n) is 9.66. The average Bonchev–Trinajstić information content (AvgIpc) is 2.15. The Morgan fingerprint density at radius 2 is 1.67 bits per heavy atom. The molecule has 0 aliphatic heterocycles. The number of carboxylic acids is 1. The Kier molecular flexibility index (Phi) is 8.24. The summed E-state index contributed by atoms with van der Waals surface area (Å²) in [4.78, 5) is 20.2. The molecule has 0 amide bonds. The van der Waals surface area contributed by atoms with Crippen molar-refractivity contribution in [2.24, 2.45) is 5.92 Å². The van der Waals surface area contributed by atoms with Crippen LogP contribution >= 0.6 is 0 Å². The monoisotopic (exact) mass is 214 g/mol. The van der Waals surface area contributed by atoms with Crippen molar-refractivity contribution in [2.75, 3.05) is 7.11 Å². The van der Waals surface area contributed by atoms with Gasteiger partial charge >= 0.3 is 11.9 Å². The van der Waals surface area contributed by atoms with E-state index in [0.717, 1.165) is 0 Å². The Morgan fingerprint density at radius 1 is 1.27 bits per heavy atom. The van der Waals surface area contributed by atoms with Crippen LogP contribution in [0.1, 0.15) is 20.8 Å². The molecule has 0 radical (unpaired) electrons. The SMILES string of the molecule is C=C(C(=O)O)C(C)C.C=C(C)C(=O)OC. The largest absolute Gasteiger partial charge is 0.478 e. The summed E-state index contributed by atoms with van der Waals surface area (Å²) in [5.74, 6) is -1.20. The number of hydrogen-bond acceptors (Lipinski definition) is 3. The lowest BCUT2D eigenvalue weighted by molar-refractivity contribution is -0.136. The van der Waals surface area contributed by atoms with Gasteiger partial charge in [-0.2, -0.15) is 0 Å². The Balaban J connectivity index is 0. The van der Waals surface area contributed by atoms with Crippen molar-refractivity contribution in [3.05, 3.63) is 24.3 Å². The number of carbonyl (C=O) groups excluding carboxylic acids is 1. The van der Waals surface area contributed by atoms with Crippen LogP contribution in [0.2, 0.25) is 0 Å². The van der Waals surface area contributed by atoms with E-state index in [1.54, 1.807) is 20.8 Å². The van der Waals surface area contributed by atoms with Crippen molar-refractivity contribution in [3.8, 4) is 0 Å². The summed E-state index contributed by atoms with van der Waals surface area (Å²) < 4.78 is 4.27. The van der Waals surface area contributed by atoms with Crippen LogP contribution in [0, 0.1) is 5.92 Å². The molecule has 0 aliphatic rings. The molecule has 0 spiro atoms. The summed E-state index contributed by atoms with van der Waals surface area (Å²) in [5, 5.41) is 8.25. The van der Waals surface area contributed by atoms with Gasteiger partial charge in [-0.1, -0.05) is 27.0 Å². The molecule has 0 saturated carbocycles. The quantitative estimate of drug-likeness (QED) is 0.576. The molecule has 0 aromatic carbocycles. The van der Waals surface area contributed by atoms with Crippen molar-refractivity contribution in [2.45, 2.75) is 20.8 Å². The fourth-order valence-electron chi connectivity index (χ4n) is 0.421. The van der Waals surface area contributed by atoms with Crippen molar-refractivity contribution < 1.29 is 19.4 Å². The van der Waals surface area contributed by atoms with E-state index >= 15 is 0 Å². The van der Waals surface area contributed by atoms with E-state index in [1.807, 2.05) is 0 Å². The van der Waals surface area contributed by atoms with Crippen molar-refractivity contribution in [3.63, 3.8) is 0 Å². The maximum atomic E-state index is 10.2. The van der Waals surface area contributed by atoms with Crippen LogP contribution < -0.4 is 0 Å². The molecule has 0 saturated heterocycles. The van der Waals surface area contributed by atoms with Crippen molar-refractivity contribution in [1.29, 1.82) is 0 Å². The predicted molar refractivity (Wildman–Crippen MR) is 58.4 cm³/mol. The highest BCUT2D eigenvalue weighted by Gasteiger charge is 2.06. The van der Waals surface area contributed by atoms with E-state index in [-0.39, 0.29) is 17.5 Å². The fourth-order valence-corrected chi connectivity index (χ4v) is 0.421. The van der Waals surface area contributed by atoms with E-state index < -0.39 is 5.97 Å². The Bertz CT molecular complexity index is 264. The smallest absolute Gasteiger partial charge is 0.332 e. The molecule has 0 aromatic rings. The van der Waals surface area contributed by atoms with E-state index in [0.29, 0.717) is 5.57 Å². The Morgan fingerprint density at radius 3 is 1.67 bits per heavy atom. The molecule has 0 unspecified atom stereocenters. The highest BCUT2D eigenvalue weighted by molar-refractivity contribution is 5.86. The summed E-state index contributed by atoms with van der Waals surface area (Å²) in [6.45, 7) is 11.9. The number of ether oxygens (including phenoxy) is 1. The summed E-state index contributed by atoms with van der Waals surface area (Å²) in [7, 11) is 1.33. The van der Waals surface area contributed by atoms with Gasteiger partial charge in [-0.3, -0.25) is 0 Å². The molecular formula is C11H18O4. The minimum Gasteiger partial charge on any atom is -0.478 e. The molecule has 0 atom stereocenters. The second-order valence-corrected chi connectivity index (χ2v) is 3.26. The van der Waals surface area contributed by atoms with Crippen LogP contribution in [0.5, 0.6) is 0 Å². The lowest BCUT2D eigenvalue weighted by Crippen LogP contribution is -2.04. The summed E-state index contributed by atoms with van der Waals surface area (Å²) in [5.41, 5.74) is 0.701. The number of aliphatic carboxylic acids is 1. The number of carbonyl (C=O) groups is 2. The zero-order valence-corrected chi connectivity index (χ0v) is 9.66. The van der Waals surface area contributed by atoms with Crippen LogP contribution in [0.25, 0.3) is 0 Å². The highest BCUT2D eigenvalue weighted by atomic mass is 16.5. The Hall–Kier alpha value is -1.58. The van der Waals surface area contributed by atoms with Crippen LogP contribution in [0.4, 0.5) is 0 Å². The molecule has 15 heavy (non-hydrogen) atoms. The third-order valence-corrected chi connectivity index (χ3v) is 1.51. The van der Waals surface area contributed by atoms with Crippen LogP contribution in [-0.2, 0) is 14.3 Å². The maximum absolute atomic E-state index is 10.2. The first kappa shape index (κ1) is 15.9. The van der Waals surface area contributed by atoms with Gasteiger partial charge in [0.15, 0.2) is 0 Å². The first-order valence-corrected chi connectivity index (χ1v) is 4.39. The van der Waals surface area contributed by atoms with Crippen LogP contribution in [0.3, 0.4) is 0 Å². The van der Waals surface area contributed by atoms with Gasteiger partial charge in [-0.15, -0.1) is 0 Å². The topological polar surface area (TPSA) is 63.6 Å². The van der Waals surface area contributed by atoms with Gasteiger partial charge in [-0.05, 0) is 12.8 Å². The lowest BCUT2D eigenvalue weighted by Gasteiger charge is -2.00. The van der Waals surface area contributed by atoms with Gasteiger partial charge in [0.25, 0.3) is 0 Å². The van der Waals surface area contributed by atoms with E-state index in [9.17, 15) is 9.59 Å². The molecule has 1 N–H and O–H groups in total. The van der Waals surface area contributed by atoms with Crippen LogP contribution in [-0.4, -0.2) is 24.2 Å². The lowest BCUT2D eigenvalue weighted by atomic mass is 10.1. The maximum Gasteiger partial charge on any atom is 0.332 e. The van der Waals surface area contributed by atoms with Crippen molar-refractivity contribution >= 4 is 11.9 Å². The summed E-state index contributed by atoms with van der Waals surface area (Å²) in [6.07, 6.45) is 0. The van der Waals surface area contributed by atoms with Crippen LogP contribution in [0.15, 0.2) is 24.3 Å². The molecule has 0 aliphatic carbocycles. The van der Waals surface area contributed by atoms with E-state index in [4.69, 9.17) is 5.11 Å². The average molecular weight is 214 g/mol. The number of hydrogen-bond donors (Lipinski definition) is 1.